The summed E-state index contributed by atoms with van der Waals surface area (Å²) in [4.78, 5) is 11.8. The quantitative estimate of drug-likeness (QED) is 0.868. The summed E-state index contributed by atoms with van der Waals surface area (Å²) in [6.45, 7) is 0. The van der Waals surface area contributed by atoms with Gasteiger partial charge in [0, 0.05) is 5.02 Å². The standard InChI is InChI=1S/C12H14ClN3OS/c1-18-5-4-10(15)12(17)16-11-6-9(13)3-2-8(11)7-14/h2-3,6,10H,4-5,15H2,1H3,(H,16,17)/t10-/m0/s1. The number of benzene rings is 1. The molecule has 4 nitrogen and oxygen atoms in total. The maximum absolute atomic E-state index is 11.8. The molecule has 0 aromatic heterocycles. The van der Waals surface area contributed by atoms with Crippen LogP contribution in [0.1, 0.15) is 12.0 Å². The minimum Gasteiger partial charge on any atom is -0.323 e. The molecule has 0 aliphatic heterocycles. The number of nitrogens with zero attached hydrogens (tertiary/aromatic N) is 1. The maximum atomic E-state index is 11.8. The van der Waals surface area contributed by atoms with E-state index < -0.39 is 6.04 Å². The lowest BCUT2D eigenvalue weighted by Gasteiger charge is -2.12. The van der Waals surface area contributed by atoms with Crippen molar-refractivity contribution in [1.82, 2.24) is 0 Å². The monoisotopic (exact) mass is 283 g/mol. The Hall–Kier alpha value is -1.22. The fraction of sp³-hybridized carbons (Fsp3) is 0.333. The van der Waals surface area contributed by atoms with E-state index >= 15 is 0 Å². The number of nitrogens with two attached hydrogens (primary N) is 1. The number of rotatable bonds is 5. The molecule has 0 spiro atoms. The zero-order chi connectivity index (χ0) is 13.5. The minimum absolute atomic E-state index is 0.303. The summed E-state index contributed by atoms with van der Waals surface area (Å²) < 4.78 is 0. The van der Waals surface area contributed by atoms with Crippen LogP contribution < -0.4 is 11.1 Å². The highest BCUT2D eigenvalue weighted by Crippen LogP contribution is 2.20. The summed E-state index contributed by atoms with van der Waals surface area (Å²) in [5, 5.41) is 12.0. The Labute approximate surface area is 115 Å². The Bertz CT molecular complexity index is 473. The molecule has 1 atom stereocenters. The van der Waals surface area contributed by atoms with Gasteiger partial charge in [-0.2, -0.15) is 17.0 Å². The molecular formula is C12H14ClN3OS. The van der Waals surface area contributed by atoms with Crippen LogP contribution >= 0.6 is 23.4 Å². The molecule has 0 saturated carbocycles. The van der Waals surface area contributed by atoms with Crippen molar-refractivity contribution in [2.24, 2.45) is 5.73 Å². The molecule has 1 aromatic carbocycles. The average molecular weight is 284 g/mol. The number of carbonyl (C=O) groups excluding carboxylic acids is 1. The molecule has 0 fully saturated rings. The summed E-state index contributed by atoms with van der Waals surface area (Å²) >= 11 is 7.46. The molecule has 0 saturated heterocycles. The van der Waals surface area contributed by atoms with E-state index in [1.165, 1.54) is 0 Å². The fourth-order valence-corrected chi connectivity index (χ4v) is 1.98. The van der Waals surface area contributed by atoms with Crippen LogP contribution in [0.15, 0.2) is 18.2 Å². The molecule has 18 heavy (non-hydrogen) atoms. The highest BCUT2D eigenvalue weighted by Gasteiger charge is 2.14. The van der Waals surface area contributed by atoms with E-state index in [9.17, 15) is 4.79 Å². The lowest BCUT2D eigenvalue weighted by Crippen LogP contribution is -2.36. The summed E-state index contributed by atoms with van der Waals surface area (Å²) in [5.41, 5.74) is 6.50. The highest BCUT2D eigenvalue weighted by molar-refractivity contribution is 7.98. The number of hydrogen-bond acceptors (Lipinski definition) is 4. The van der Waals surface area contributed by atoms with Gasteiger partial charge in [0.1, 0.15) is 6.07 Å². The Morgan fingerprint density at radius 3 is 3.00 bits per heavy atom. The molecule has 0 bridgehead atoms. The molecular weight excluding hydrogens is 270 g/mol. The second-order valence-electron chi connectivity index (χ2n) is 3.68. The number of nitrogens with one attached hydrogen (secondary N) is 1. The summed E-state index contributed by atoms with van der Waals surface area (Å²) in [7, 11) is 0. The van der Waals surface area contributed by atoms with Gasteiger partial charge in [-0.05, 0) is 36.6 Å². The Morgan fingerprint density at radius 1 is 1.67 bits per heavy atom. The third-order valence-corrected chi connectivity index (χ3v) is 3.21. The fourth-order valence-electron chi connectivity index (χ4n) is 1.32. The van der Waals surface area contributed by atoms with Crippen molar-refractivity contribution in [1.29, 1.82) is 5.26 Å². The van der Waals surface area contributed by atoms with E-state index in [2.05, 4.69) is 5.32 Å². The van der Waals surface area contributed by atoms with Crippen LogP contribution in [0, 0.1) is 11.3 Å². The molecule has 1 aromatic rings. The largest absolute Gasteiger partial charge is 0.323 e. The zero-order valence-electron chi connectivity index (χ0n) is 9.94. The van der Waals surface area contributed by atoms with Crippen LogP contribution in [0.25, 0.3) is 0 Å². The molecule has 0 radical (unpaired) electrons. The van der Waals surface area contributed by atoms with Crippen molar-refractivity contribution < 1.29 is 4.79 Å². The number of anilines is 1. The van der Waals surface area contributed by atoms with Gasteiger partial charge in [0.15, 0.2) is 0 Å². The van der Waals surface area contributed by atoms with Crippen molar-refractivity contribution in [2.45, 2.75) is 12.5 Å². The third-order valence-electron chi connectivity index (χ3n) is 2.33. The van der Waals surface area contributed by atoms with Crippen LogP contribution in [0.3, 0.4) is 0 Å². The maximum Gasteiger partial charge on any atom is 0.241 e. The first-order valence-electron chi connectivity index (χ1n) is 5.33. The lowest BCUT2D eigenvalue weighted by atomic mass is 10.1. The zero-order valence-corrected chi connectivity index (χ0v) is 11.5. The van der Waals surface area contributed by atoms with Crippen molar-refractivity contribution >= 4 is 35.0 Å². The number of nitriles is 1. The van der Waals surface area contributed by atoms with Gasteiger partial charge in [-0.15, -0.1) is 0 Å². The predicted octanol–water partition coefficient (Wildman–Crippen LogP) is 2.23. The topological polar surface area (TPSA) is 78.9 Å². The van der Waals surface area contributed by atoms with E-state index in [1.807, 2.05) is 12.3 Å². The van der Waals surface area contributed by atoms with E-state index in [-0.39, 0.29) is 5.91 Å². The Kier molecular flexibility index (Phi) is 5.99. The molecule has 0 heterocycles. The molecule has 1 amide bonds. The van der Waals surface area contributed by atoms with Crippen LogP contribution in [0.2, 0.25) is 5.02 Å². The smallest absolute Gasteiger partial charge is 0.241 e. The van der Waals surface area contributed by atoms with Crippen LogP contribution in [0.5, 0.6) is 0 Å². The predicted molar refractivity (Wildman–Crippen MR) is 75.8 cm³/mol. The van der Waals surface area contributed by atoms with Crippen molar-refractivity contribution in [3.63, 3.8) is 0 Å². The molecule has 96 valence electrons. The molecule has 1 rings (SSSR count). The van der Waals surface area contributed by atoms with Crippen LogP contribution in [-0.2, 0) is 4.79 Å². The second kappa shape index (κ2) is 7.27. The normalized spacial score (nSPS) is 11.7. The van der Waals surface area contributed by atoms with Crippen molar-refractivity contribution in [3.05, 3.63) is 28.8 Å². The second-order valence-corrected chi connectivity index (χ2v) is 5.10. The molecule has 0 aliphatic rings. The minimum atomic E-state index is -0.581. The first-order valence-corrected chi connectivity index (χ1v) is 7.10. The van der Waals surface area contributed by atoms with Gasteiger partial charge in [-0.25, -0.2) is 0 Å². The number of thioether (sulfide) groups is 1. The SMILES string of the molecule is CSCC[C@H](N)C(=O)Nc1cc(Cl)ccc1C#N. The lowest BCUT2D eigenvalue weighted by molar-refractivity contribution is -0.117. The highest BCUT2D eigenvalue weighted by atomic mass is 35.5. The molecule has 3 N–H and O–H groups in total. The van der Waals surface area contributed by atoms with Gasteiger partial charge in [0.2, 0.25) is 5.91 Å². The van der Waals surface area contributed by atoms with E-state index in [0.29, 0.717) is 22.7 Å². The molecule has 0 unspecified atom stereocenters. The van der Waals surface area contributed by atoms with Gasteiger partial charge < -0.3 is 11.1 Å². The average Bonchev–Trinajstić information content (AvgIpc) is 2.36. The van der Waals surface area contributed by atoms with Gasteiger partial charge in [-0.1, -0.05) is 11.6 Å². The number of amides is 1. The van der Waals surface area contributed by atoms with Crippen LogP contribution in [-0.4, -0.2) is 24.0 Å². The van der Waals surface area contributed by atoms with E-state index in [0.717, 1.165) is 5.75 Å². The molecule has 0 aliphatic carbocycles. The first kappa shape index (κ1) is 14.8. The number of hydrogen-bond donors (Lipinski definition) is 2. The van der Waals surface area contributed by atoms with Crippen molar-refractivity contribution in [3.8, 4) is 6.07 Å². The van der Waals surface area contributed by atoms with Crippen molar-refractivity contribution in [2.75, 3.05) is 17.3 Å². The Morgan fingerprint density at radius 2 is 2.39 bits per heavy atom. The Balaban J connectivity index is 2.75. The van der Waals surface area contributed by atoms with Crippen LogP contribution in [0.4, 0.5) is 5.69 Å². The van der Waals surface area contributed by atoms with Gasteiger partial charge >= 0.3 is 0 Å². The molecule has 6 heteroatoms. The number of carbonyl (C=O) groups is 1. The van der Waals surface area contributed by atoms with E-state index in [4.69, 9.17) is 22.6 Å². The van der Waals surface area contributed by atoms with Gasteiger partial charge in [0.25, 0.3) is 0 Å². The summed E-state index contributed by atoms with van der Waals surface area (Å²) in [6, 6.07) is 6.11. The van der Waals surface area contributed by atoms with E-state index in [1.54, 1.807) is 30.0 Å². The summed E-state index contributed by atoms with van der Waals surface area (Å²) in [6.07, 6.45) is 2.55. The summed E-state index contributed by atoms with van der Waals surface area (Å²) in [5.74, 6) is 0.512. The third kappa shape index (κ3) is 4.22. The van der Waals surface area contributed by atoms with Gasteiger partial charge in [0.05, 0.1) is 17.3 Å². The van der Waals surface area contributed by atoms with Gasteiger partial charge in [-0.3, -0.25) is 4.79 Å². The first-order chi connectivity index (χ1) is 8.58. The number of halogens is 1.